The Balaban J connectivity index is 1.63. The highest BCUT2D eigenvalue weighted by Crippen LogP contribution is 2.23. The normalized spacial score (nSPS) is 14.7. The van der Waals surface area contributed by atoms with E-state index in [1.807, 2.05) is 24.3 Å². The summed E-state index contributed by atoms with van der Waals surface area (Å²) in [6.45, 7) is 1.51. The lowest BCUT2D eigenvalue weighted by molar-refractivity contribution is 0.0903. The quantitative estimate of drug-likeness (QED) is 0.703. The van der Waals surface area contributed by atoms with Gasteiger partial charge in [0.2, 0.25) is 5.95 Å². The summed E-state index contributed by atoms with van der Waals surface area (Å²) in [5.41, 5.74) is 2.97. The van der Waals surface area contributed by atoms with E-state index in [1.165, 1.54) is 6.33 Å². The average molecular weight is 346 g/mol. The summed E-state index contributed by atoms with van der Waals surface area (Å²) in [5, 5.41) is 6.64. The van der Waals surface area contributed by atoms with Crippen molar-refractivity contribution in [3.05, 3.63) is 42.4 Å². The number of nitrogens with one attached hydrogen (secondary N) is 2. The highest BCUT2D eigenvalue weighted by molar-refractivity contribution is 5.87. The molecule has 1 aliphatic heterocycles. The highest BCUT2D eigenvalue weighted by atomic mass is 16.5. The lowest BCUT2D eigenvalue weighted by Crippen LogP contribution is -2.28. The Labute approximate surface area is 151 Å². The number of rotatable bonds is 4. The van der Waals surface area contributed by atoms with Crippen LogP contribution in [0, 0.1) is 12.3 Å². The van der Waals surface area contributed by atoms with Crippen LogP contribution in [0.4, 0.5) is 17.5 Å². The van der Waals surface area contributed by atoms with Gasteiger partial charge in [-0.05, 0) is 31.0 Å². The van der Waals surface area contributed by atoms with E-state index in [9.17, 15) is 0 Å². The molecule has 3 heterocycles. The maximum absolute atomic E-state index is 5.47. The molecule has 0 unspecified atom stereocenters. The van der Waals surface area contributed by atoms with Crippen LogP contribution in [0.25, 0.3) is 11.0 Å². The zero-order valence-electron chi connectivity index (χ0n) is 14.1. The molecule has 2 N–H and O–H groups in total. The fourth-order valence-corrected chi connectivity index (χ4v) is 2.86. The second-order valence-corrected chi connectivity index (χ2v) is 6.03. The molecule has 0 bridgehead atoms. The molecule has 0 spiro atoms. The Morgan fingerprint density at radius 3 is 2.88 bits per heavy atom. The standard InChI is InChI=1S/C19H18N6O/c1-2-13-4-3-5-15(10-13)23-18-17-16(21-12-22-18)11-20-19(25-17)24-14-6-8-26-9-7-14/h1,3-5,10-12,14H,6-9H2,(H,20,24,25)(H,21,22,23). The predicted molar refractivity (Wildman–Crippen MR) is 100 cm³/mol. The first-order valence-electron chi connectivity index (χ1n) is 8.47. The van der Waals surface area contributed by atoms with E-state index in [2.05, 4.69) is 36.5 Å². The van der Waals surface area contributed by atoms with E-state index in [0.29, 0.717) is 28.8 Å². The molecule has 1 saturated heterocycles. The Morgan fingerprint density at radius 2 is 2.04 bits per heavy atom. The number of nitrogens with zero attached hydrogens (tertiary/aromatic N) is 4. The first-order chi connectivity index (χ1) is 12.8. The van der Waals surface area contributed by atoms with E-state index in [-0.39, 0.29) is 0 Å². The zero-order valence-corrected chi connectivity index (χ0v) is 14.1. The maximum atomic E-state index is 5.47. The van der Waals surface area contributed by atoms with Crippen molar-refractivity contribution in [3.63, 3.8) is 0 Å². The molecular formula is C19H18N6O. The largest absolute Gasteiger partial charge is 0.381 e. The van der Waals surface area contributed by atoms with Crippen molar-refractivity contribution in [2.75, 3.05) is 23.8 Å². The first kappa shape index (κ1) is 16.2. The molecule has 0 radical (unpaired) electrons. The Bertz CT molecular complexity index is 962. The summed E-state index contributed by atoms with van der Waals surface area (Å²) < 4.78 is 5.39. The predicted octanol–water partition coefficient (Wildman–Crippen LogP) is 2.74. The number of terminal acetylenes is 1. The molecular weight excluding hydrogens is 328 g/mol. The minimum Gasteiger partial charge on any atom is -0.381 e. The minimum absolute atomic E-state index is 0.314. The van der Waals surface area contributed by atoms with Gasteiger partial charge in [-0.25, -0.2) is 19.9 Å². The summed E-state index contributed by atoms with van der Waals surface area (Å²) in [6, 6.07) is 7.90. The van der Waals surface area contributed by atoms with Gasteiger partial charge in [0.05, 0.1) is 6.20 Å². The number of hydrogen-bond acceptors (Lipinski definition) is 7. The van der Waals surface area contributed by atoms with Crippen molar-refractivity contribution in [1.82, 2.24) is 19.9 Å². The highest BCUT2D eigenvalue weighted by Gasteiger charge is 2.15. The monoisotopic (exact) mass is 346 g/mol. The number of benzene rings is 1. The van der Waals surface area contributed by atoms with Gasteiger partial charge in [0.15, 0.2) is 5.82 Å². The summed E-state index contributed by atoms with van der Waals surface area (Å²) in [6.07, 6.45) is 10.5. The zero-order chi connectivity index (χ0) is 17.8. The Kier molecular flexibility index (Phi) is 4.58. The van der Waals surface area contributed by atoms with Gasteiger partial charge in [-0.2, -0.15) is 0 Å². The van der Waals surface area contributed by atoms with E-state index >= 15 is 0 Å². The minimum atomic E-state index is 0.314. The molecule has 3 aromatic rings. The second kappa shape index (κ2) is 7.33. The summed E-state index contributed by atoms with van der Waals surface area (Å²) >= 11 is 0. The van der Waals surface area contributed by atoms with Crippen LogP contribution in [0.3, 0.4) is 0 Å². The van der Waals surface area contributed by atoms with Crippen molar-refractivity contribution >= 4 is 28.5 Å². The third-order valence-electron chi connectivity index (χ3n) is 4.22. The van der Waals surface area contributed by atoms with Crippen molar-refractivity contribution < 1.29 is 4.74 Å². The van der Waals surface area contributed by atoms with Crippen LogP contribution < -0.4 is 10.6 Å². The molecule has 7 heteroatoms. The van der Waals surface area contributed by atoms with Crippen LogP contribution in [0.2, 0.25) is 0 Å². The number of anilines is 3. The van der Waals surface area contributed by atoms with Crippen LogP contribution in [0.15, 0.2) is 36.8 Å². The fourth-order valence-electron chi connectivity index (χ4n) is 2.86. The van der Waals surface area contributed by atoms with Crippen LogP contribution >= 0.6 is 0 Å². The van der Waals surface area contributed by atoms with E-state index < -0.39 is 0 Å². The van der Waals surface area contributed by atoms with E-state index in [4.69, 9.17) is 11.2 Å². The second-order valence-electron chi connectivity index (χ2n) is 6.03. The molecule has 1 aromatic carbocycles. The number of hydrogen-bond donors (Lipinski definition) is 2. The number of ether oxygens (including phenoxy) is 1. The van der Waals surface area contributed by atoms with Gasteiger partial charge in [0.1, 0.15) is 17.4 Å². The lowest BCUT2D eigenvalue weighted by Gasteiger charge is -2.23. The lowest BCUT2D eigenvalue weighted by atomic mass is 10.1. The van der Waals surface area contributed by atoms with Crippen LogP contribution in [0.5, 0.6) is 0 Å². The average Bonchev–Trinajstić information content (AvgIpc) is 2.69. The maximum Gasteiger partial charge on any atom is 0.223 e. The van der Waals surface area contributed by atoms with Crippen molar-refractivity contribution in [3.8, 4) is 12.3 Å². The van der Waals surface area contributed by atoms with Gasteiger partial charge >= 0.3 is 0 Å². The van der Waals surface area contributed by atoms with Gasteiger partial charge < -0.3 is 15.4 Å². The van der Waals surface area contributed by atoms with Gasteiger partial charge in [0.25, 0.3) is 0 Å². The van der Waals surface area contributed by atoms with Crippen molar-refractivity contribution in [2.24, 2.45) is 0 Å². The van der Waals surface area contributed by atoms with Crippen molar-refractivity contribution in [1.29, 1.82) is 0 Å². The molecule has 0 amide bonds. The van der Waals surface area contributed by atoms with Gasteiger partial charge in [0, 0.05) is 30.5 Å². The molecule has 26 heavy (non-hydrogen) atoms. The van der Waals surface area contributed by atoms with Crippen molar-refractivity contribution in [2.45, 2.75) is 18.9 Å². The van der Waals surface area contributed by atoms with Gasteiger partial charge in [-0.1, -0.05) is 12.0 Å². The molecule has 2 aromatic heterocycles. The van der Waals surface area contributed by atoms with Gasteiger partial charge in [-0.3, -0.25) is 0 Å². The molecule has 130 valence electrons. The number of aromatic nitrogens is 4. The fraction of sp³-hybridized carbons (Fsp3) is 0.263. The Morgan fingerprint density at radius 1 is 1.15 bits per heavy atom. The molecule has 7 nitrogen and oxygen atoms in total. The van der Waals surface area contributed by atoms with Crippen LogP contribution in [0.1, 0.15) is 18.4 Å². The summed E-state index contributed by atoms with van der Waals surface area (Å²) in [4.78, 5) is 17.6. The van der Waals surface area contributed by atoms with Gasteiger partial charge in [-0.15, -0.1) is 6.42 Å². The molecule has 4 rings (SSSR count). The first-order valence-corrected chi connectivity index (χ1v) is 8.47. The summed E-state index contributed by atoms with van der Waals surface area (Å²) in [7, 11) is 0. The topological polar surface area (TPSA) is 84.9 Å². The number of fused-ring (bicyclic) bond motifs is 1. The summed E-state index contributed by atoms with van der Waals surface area (Å²) in [5.74, 6) is 3.81. The molecule has 1 fully saturated rings. The van der Waals surface area contributed by atoms with Crippen LogP contribution in [-0.4, -0.2) is 39.2 Å². The van der Waals surface area contributed by atoms with E-state index in [1.54, 1.807) is 6.20 Å². The van der Waals surface area contributed by atoms with E-state index in [0.717, 1.165) is 37.3 Å². The molecule has 0 atom stereocenters. The smallest absolute Gasteiger partial charge is 0.223 e. The third-order valence-corrected chi connectivity index (χ3v) is 4.22. The third kappa shape index (κ3) is 3.55. The molecule has 1 aliphatic rings. The Hall–Kier alpha value is -3.24. The molecule has 0 saturated carbocycles. The van der Waals surface area contributed by atoms with Crippen LogP contribution in [-0.2, 0) is 4.74 Å². The molecule has 0 aliphatic carbocycles. The SMILES string of the molecule is C#Cc1cccc(Nc2ncnc3cnc(NC4CCOCC4)nc23)c1.